The van der Waals surface area contributed by atoms with Crippen molar-refractivity contribution in [3.8, 4) is 5.75 Å². The van der Waals surface area contributed by atoms with E-state index in [1.54, 1.807) is 6.26 Å². The van der Waals surface area contributed by atoms with Gasteiger partial charge in [-0.2, -0.15) is 13.2 Å². The Bertz CT molecular complexity index is 623. The highest BCUT2D eigenvalue weighted by Gasteiger charge is 2.36. The number of carbonyl (C=O) groups is 1. The quantitative estimate of drug-likeness (QED) is 0.549. The fourth-order valence-electron chi connectivity index (χ4n) is 3.56. The fraction of sp³-hybridized carbons (Fsp3) is 0.611. The molecule has 0 aromatic heterocycles. The summed E-state index contributed by atoms with van der Waals surface area (Å²) in [6, 6.07) is 1.96. The van der Waals surface area contributed by atoms with Crippen molar-refractivity contribution < 1.29 is 22.7 Å². The summed E-state index contributed by atoms with van der Waals surface area (Å²) < 4.78 is 44.4. The second-order valence-electron chi connectivity index (χ2n) is 7.01. The molecule has 0 aliphatic carbocycles. The number of piperidine rings is 1. The minimum absolute atomic E-state index is 0.00283. The first kappa shape index (κ1) is 20.1. The molecule has 2 rings (SSSR count). The molecule has 0 amide bonds. The Morgan fingerprint density at radius 3 is 2.60 bits per heavy atom. The van der Waals surface area contributed by atoms with Crippen molar-refractivity contribution in [1.29, 1.82) is 0 Å². The van der Waals surface area contributed by atoms with E-state index in [0.717, 1.165) is 49.8 Å². The minimum Gasteiger partial charge on any atom is -0.496 e. The van der Waals surface area contributed by atoms with Gasteiger partial charge in [0.1, 0.15) is 5.75 Å². The predicted octanol–water partition coefficient (Wildman–Crippen LogP) is 4.74. The summed E-state index contributed by atoms with van der Waals surface area (Å²) >= 11 is 1.13. The van der Waals surface area contributed by atoms with Crippen LogP contribution < -0.4 is 4.74 Å². The van der Waals surface area contributed by atoms with Gasteiger partial charge in [0.25, 0.3) is 0 Å². The normalized spacial score (nSPS) is 22.0. The third-order valence-corrected chi connectivity index (χ3v) is 5.43. The number of Topliss-reactive ketones (excluding diaryl/α,β-unsaturated/α-hetero) is 1. The number of rotatable bonds is 5. The molecule has 25 heavy (non-hydrogen) atoms. The number of ketones is 1. The molecule has 1 aromatic rings. The van der Waals surface area contributed by atoms with E-state index in [9.17, 15) is 18.0 Å². The molecule has 0 radical (unpaired) electrons. The zero-order valence-electron chi connectivity index (χ0n) is 15.0. The van der Waals surface area contributed by atoms with Gasteiger partial charge >= 0.3 is 6.18 Å². The lowest BCUT2D eigenvalue weighted by Crippen LogP contribution is -2.40. The van der Waals surface area contributed by atoms with E-state index in [4.69, 9.17) is 4.74 Å². The summed E-state index contributed by atoms with van der Waals surface area (Å²) in [6.07, 6.45) is -0.563. The van der Waals surface area contributed by atoms with E-state index in [-0.39, 0.29) is 22.5 Å². The molecule has 0 spiro atoms. The smallest absolute Gasteiger partial charge is 0.416 e. The molecular weight excluding hydrogens is 351 g/mol. The first-order valence-electron chi connectivity index (χ1n) is 8.14. The number of halogens is 3. The average Bonchev–Trinajstić information content (AvgIpc) is 2.51. The largest absolute Gasteiger partial charge is 0.496 e. The average molecular weight is 375 g/mol. The molecule has 1 heterocycles. The summed E-state index contributed by atoms with van der Waals surface area (Å²) in [5, 5.41) is 0. The van der Waals surface area contributed by atoms with Gasteiger partial charge in [0.05, 0.1) is 18.2 Å². The maximum atomic E-state index is 13.1. The van der Waals surface area contributed by atoms with Crippen LogP contribution in [-0.4, -0.2) is 44.2 Å². The number of carbonyl (C=O) groups excluding carboxylic acids is 1. The standard InChI is InChI=1S/C18H24F3NO2S/c1-17(6-5-7-22(2)11-17)10-13(23)16-14(24-3)8-12(18(19,20)21)9-15(16)25-4/h8-9H,5-7,10-11H2,1-4H3. The topological polar surface area (TPSA) is 29.5 Å². The van der Waals surface area contributed by atoms with E-state index in [1.165, 1.54) is 7.11 Å². The molecule has 3 nitrogen and oxygen atoms in total. The molecule has 1 atom stereocenters. The van der Waals surface area contributed by atoms with E-state index in [0.29, 0.717) is 11.3 Å². The maximum absolute atomic E-state index is 13.1. The Hall–Kier alpha value is -1.21. The molecular formula is C18H24F3NO2S. The first-order chi connectivity index (χ1) is 11.6. The highest BCUT2D eigenvalue weighted by molar-refractivity contribution is 7.98. The number of benzene rings is 1. The summed E-state index contributed by atoms with van der Waals surface area (Å²) in [4.78, 5) is 15.5. The number of ether oxygens (including phenoxy) is 1. The zero-order chi connectivity index (χ0) is 18.8. The predicted molar refractivity (Wildman–Crippen MR) is 93.6 cm³/mol. The number of hydrogen-bond donors (Lipinski definition) is 0. The lowest BCUT2D eigenvalue weighted by Gasteiger charge is -2.38. The summed E-state index contributed by atoms with van der Waals surface area (Å²) in [6.45, 7) is 3.87. The van der Waals surface area contributed by atoms with Gasteiger partial charge in [-0.25, -0.2) is 0 Å². The number of likely N-dealkylation sites (tertiary alicyclic amines) is 1. The van der Waals surface area contributed by atoms with Crippen molar-refractivity contribution in [1.82, 2.24) is 4.90 Å². The third kappa shape index (κ3) is 4.70. The van der Waals surface area contributed by atoms with Crippen LogP contribution in [0, 0.1) is 5.41 Å². The van der Waals surface area contributed by atoms with Gasteiger partial charge in [0.15, 0.2) is 5.78 Å². The van der Waals surface area contributed by atoms with Crippen LogP contribution >= 0.6 is 11.8 Å². The molecule has 140 valence electrons. The molecule has 0 bridgehead atoms. The molecule has 1 aliphatic heterocycles. The van der Waals surface area contributed by atoms with Crippen LogP contribution in [0.15, 0.2) is 17.0 Å². The Labute approximate surface area is 150 Å². The van der Waals surface area contributed by atoms with Gasteiger partial charge in [-0.15, -0.1) is 11.8 Å². The van der Waals surface area contributed by atoms with Gasteiger partial charge in [0.2, 0.25) is 0 Å². The van der Waals surface area contributed by atoms with Crippen LogP contribution in [0.5, 0.6) is 5.75 Å². The van der Waals surface area contributed by atoms with Crippen LogP contribution in [0.25, 0.3) is 0 Å². The van der Waals surface area contributed by atoms with Crippen molar-refractivity contribution >= 4 is 17.5 Å². The Morgan fingerprint density at radius 2 is 2.08 bits per heavy atom. The fourth-order valence-corrected chi connectivity index (χ4v) is 4.22. The van der Waals surface area contributed by atoms with Crippen LogP contribution in [0.4, 0.5) is 13.2 Å². The number of alkyl halides is 3. The number of nitrogens with zero attached hydrogens (tertiary/aromatic N) is 1. The van der Waals surface area contributed by atoms with Crippen LogP contribution in [0.1, 0.15) is 42.1 Å². The lowest BCUT2D eigenvalue weighted by atomic mass is 9.77. The first-order valence-corrected chi connectivity index (χ1v) is 9.37. The molecule has 1 unspecified atom stereocenters. The molecule has 1 aromatic carbocycles. The van der Waals surface area contributed by atoms with Gasteiger partial charge in [-0.1, -0.05) is 6.92 Å². The SMILES string of the molecule is COc1cc(C(F)(F)F)cc(SC)c1C(=O)CC1(C)CCCN(C)C1. The molecule has 1 aliphatic rings. The molecule has 7 heteroatoms. The Balaban J connectivity index is 2.38. The van der Waals surface area contributed by atoms with Crippen LogP contribution in [-0.2, 0) is 6.18 Å². The monoisotopic (exact) mass is 375 g/mol. The van der Waals surface area contributed by atoms with E-state index < -0.39 is 11.7 Å². The van der Waals surface area contributed by atoms with E-state index in [1.807, 2.05) is 7.05 Å². The number of hydrogen-bond acceptors (Lipinski definition) is 4. The maximum Gasteiger partial charge on any atom is 0.416 e. The molecule has 1 saturated heterocycles. The van der Waals surface area contributed by atoms with Gasteiger partial charge in [0, 0.05) is 17.9 Å². The van der Waals surface area contributed by atoms with Crippen LogP contribution in [0.2, 0.25) is 0 Å². The molecule has 0 N–H and O–H groups in total. The zero-order valence-corrected chi connectivity index (χ0v) is 15.8. The van der Waals surface area contributed by atoms with Crippen molar-refractivity contribution in [2.75, 3.05) is 33.5 Å². The van der Waals surface area contributed by atoms with Gasteiger partial charge < -0.3 is 9.64 Å². The summed E-state index contributed by atoms with van der Waals surface area (Å²) in [5.74, 6) is -0.162. The van der Waals surface area contributed by atoms with Crippen LogP contribution in [0.3, 0.4) is 0 Å². The molecule has 0 saturated carbocycles. The van der Waals surface area contributed by atoms with Gasteiger partial charge in [-0.05, 0) is 50.2 Å². The summed E-state index contributed by atoms with van der Waals surface area (Å²) in [7, 11) is 3.32. The number of methoxy groups -OCH3 is 1. The second kappa shape index (κ2) is 7.58. The Morgan fingerprint density at radius 1 is 1.40 bits per heavy atom. The number of thioether (sulfide) groups is 1. The van der Waals surface area contributed by atoms with E-state index in [2.05, 4.69) is 11.8 Å². The third-order valence-electron chi connectivity index (χ3n) is 4.67. The van der Waals surface area contributed by atoms with Crippen molar-refractivity contribution in [3.63, 3.8) is 0 Å². The van der Waals surface area contributed by atoms with E-state index >= 15 is 0 Å². The van der Waals surface area contributed by atoms with Crippen molar-refractivity contribution in [3.05, 3.63) is 23.3 Å². The Kier molecular flexibility index (Phi) is 6.09. The minimum atomic E-state index is -4.47. The summed E-state index contributed by atoms with van der Waals surface area (Å²) in [5.41, 5.74) is -0.709. The highest BCUT2D eigenvalue weighted by Crippen LogP contribution is 2.41. The van der Waals surface area contributed by atoms with Crippen molar-refractivity contribution in [2.45, 2.75) is 37.3 Å². The second-order valence-corrected chi connectivity index (χ2v) is 7.85. The van der Waals surface area contributed by atoms with Gasteiger partial charge in [-0.3, -0.25) is 4.79 Å². The highest BCUT2D eigenvalue weighted by atomic mass is 32.2. The lowest BCUT2D eigenvalue weighted by molar-refractivity contribution is -0.137. The molecule has 1 fully saturated rings. The van der Waals surface area contributed by atoms with Crippen molar-refractivity contribution in [2.24, 2.45) is 5.41 Å².